The summed E-state index contributed by atoms with van der Waals surface area (Å²) in [5, 5.41) is 0.344. The number of carbonyl (C=O) groups excluding carboxylic acids is 2. The highest BCUT2D eigenvalue weighted by Gasteiger charge is 2.65. The molecule has 6 nitrogen and oxygen atoms in total. The Balaban J connectivity index is 1.63. The van der Waals surface area contributed by atoms with E-state index in [0.29, 0.717) is 36.5 Å². The molecule has 0 spiro atoms. The molecule has 1 amide bonds. The van der Waals surface area contributed by atoms with Gasteiger partial charge in [0.05, 0.1) is 22.4 Å². The van der Waals surface area contributed by atoms with E-state index in [2.05, 4.69) is 4.72 Å². The highest BCUT2D eigenvalue weighted by atomic mass is 35.5. The maximum Gasteiger partial charge on any atom is 0.255 e. The maximum absolute atomic E-state index is 13.1. The predicted molar refractivity (Wildman–Crippen MR) is 113 cm³/mol. The SMILES string of the molecule is CC1(C)[C@H]2CC[C@@]1(CS(=O)(=O)Nc1cc(Cl)ccc1C(=O)N1CCCC1)C(=O)C2. The smallest absolute Gasteiger partial charge is 0.255 e. The third-order valence-corrected chi connectivity index (χ3v) is 9.09. The second-order valence-electron chi connectivity index (χ2n) is 9.22. The Bertz CT molecular complexity index is 969. The molecule has 0 radical (unpaired) electrons. The van der Waals surface area contributed by atoms with Crippen LogP contribution in [0, 0.1) is 16.7 Å². The van der Waals surface area contributed by atoms with E-state index in [9.17, 15) is 18.0 Å². The molecule has 2 saturated carbocycles. The summed E-state index contributed by atoms with van der Waals surface area (Å²) in [6, 6.07) is 4.63. The van der Waals surface area contributed by atoms with Gasteiger partial charge in [0, 0.05) is 24.5 Å². The quantitative estimate of drug-likeness (QED) is 0.759. The van der Waals surface area contributed by atoms with Gasteiger partial charge in [0.25, 0.3) is 5.91 Å². The third-order valence-electron chi connectivity index (χ3n) is 7.45. The fourth-order valence-electron chi connectivity index (χ4n) is 5.51. The topological polar surface area (TPSA) is 83.6 Å². The van der Waals surface area contributed by atoms with Gasteiger partial charge in [-0.25, -0.2) is 8.42 Å². The number of benzene rings is 1. The summed E-state index contributed by atoms with van der Waals surface area (Å²) in [6.45, 7) is 5.35. The lowest BCUT2D eigenvalue weighted by molar-refractivity contribution is -0.128. The second-order valence-corrected chi connectivity index (χ2v) is 11.4. The Hall–Kier alpha value is -1.60. The van der Waals surface area contributed by atoms with Crippen LogP contribution in [-0.2, 0) is 14.8 Å². The Morgan fingerprint density at radius 2 is 1.97 bits per heavy atom. The largest absolute Gasteiger partial charge is 0.339 e. The number of carbonyl (C=O) groups is 2. The number of amides is 1. The lowest BCUT2D eigenvalue weighted by atomic mass is 9.70. The molecule has 2 aliphatic carbocycles. The molecule has 3 aliphatic rings. The first-order valence-corrected chi connectivity index (χ1v) is 12.2. The zero-order valence-corrected chi connectivity index (χ0v) is 18.4. The number of ketones is 1. The lowest BCUT2D eigenvalue weighted by Gasteiger charge is -2.36. The predicted octanol–water partition coefficient (Wildman–Crippen LogP) is 3.71. The van der Waals surface area contributed by atoms with Crippen LogP contribution in [0.3, 0.4) is 0 Å². The van der Waals surface area contributed by atoms with E-state index in [4.69, 9.17) is 11.6 Å². The minimum atomic E-state index is -3.86. The van der Waals surface area contributed by atoms with Crippen molar-refractivity contribution >= 4 is 39.0 Å². The maximum atomic E-state index is 13.1. The van der Waals surface area contributed by atoms with Gasteiger partial charge in [-0.1, -0.05) is 25.4 Å². The number of Topliss-reactive ketones (excluding diaryl/α,β-unsaturated/α-hetero) is 1. The summed E-state index contributed by atoms with van der Waals surface area (Å²) in [7, 11) is -3.86. The monoisotopic (exact) mass is 438 g/mol. The van der Waals surface area contributed by atoms with Crippen LogP contribution in [0.5, 0.6) is 0 Å². The van der Waals surface area contributed by atoms with E-state index in [1.807, 2.05) is 13.8 Å². The molecule has 3 fully saturated rings. The molecule has 1 N–H and O–H groups in total. The number of nitrogens with one attached hydrogen (secondary N) is 1. The van der Waals surface area contributed by atoms with Crippen molar-refractivity contribution in [3.8, 4) is 0 Å². The normalized spacial score (nSPS) is 28.2. The van der Waals surface area contributed by atoms with Gasteiger partial charge in [-0.2, -0.15) is 0 Å². The number of rotatable bonds is 5. The standard InChI is InChI=1S/C21H27ClN2O4S/c1-20(2)14-7-8-21(20,18(25)11-14)13-29(27,28)23-17-12-15(22)5-6-16(17)19(26)24-9-3-4-10-24/h5-6,12,14,23H,3-4,7-11,13H2,1-2H3/t14-,21+/m0/s1. The number of hydrogen-bond acceptors (Lipinski definition) is 4. The first-order valence-electron chi connectivity index (χ1n) is 10.2. The average Bonchev–Trinajstić information content (AvgIpc) is 3.28. The van der Waals surface area contributed by atoms with Gasteiger partial charge in [0.15, 0.2) is 0 Å². The summed E-state index contributed by atoms with van der Waals surface area (Å²) >= 11 is 6.10. The van der Waals surface area contributed by atoms with E-state index in [1.54, 1.807) is 17.0 Å². The molecular formula is C21H27ClN2O4S. The van der Waals surface area contributed by atoms with Crippen LogP contribution >= 0.6 is 11.6 Å². The van der Waals surface area contributed by atoms with Crippen molar-refractivity contribution in [3.63, 3.8) is 0 Å². The highest BCUT2D eigenvalue weighted by Crippen LogP contribution is 2.64. The van der Waals surface area contributed by atoms with E-state index in [-0.39, 0.29) is 34.5 Å². The summed E-state index contributed by atoms with van der Waals surface area (Å²) in [5.41, 5.74) is -0.731. The van der Waals surface area contributed by atoms with Crippen LogP contribution < -0.4 is 4.72 Å². The van der Waals surface area contributed by atoms with Crippen LogP contribution in [0.2, 0.25) is 5.02 Å². The van der Waals surface area contributed by atoms with Crippen molar-refractivity contribution in [3.05, 3.63) is 28.8 Å². The fourth-order valence-corrected chi connectivity index (χ4v) is 7.59. The van der Waals surface area contributed by atoms with Crippen molar-refractivity contribution in [2.75, 3.05) is 23.6 Å². The Morgan fingerprint density at radius 1 is 1.28 bits per heavy atom. The molecule has 4 rings (SSSR count). The second kappa shape index (κ2) is 6.98. The molecule has 29 heavy (non-hydrogen) atoms. The number of sulfonamides is 1. The summed E-state index contributed by atoms with van der Waals surface area (Å²) < 4.78 is 28.9. The van der Waals surface area contributed by atoms with Crippen molar-refractivity contribution < 1.29 is 18.0 Å². The molecule has 1 saturated heterocycles. The summed E-state index contributed by atoms with van der Waals surface area (Å²) in [4.78, 5) is 27.3. The van der Waals surface area contributed by atoms with Gasteiger partial charge < -0.3 is 4.90 Å². The van der Waals surface area contributed by atoms with Gasteiger partial charge >= 0.3 is 0 Å². The minimum absolute atomic E-state index is 0.0450. The summed E-state index contributed by atoms with van der Waals surface area (Å²) in [6.07, 6.45) is 3.82. The minimum Gasteiger partial charge on any atom is -0.339 e. The van der Waals surface area contributed by atoms with Crippen LogP contribution in [0.4, 0.5) is 5.69 Å². The molecule has 8 heteroatoms. The van der Waals surface area contributed by atoms with Gasteiger partial charge in [0.1, 0.15) is 5.78 Å². The van der Waals surface area contributed by atoms with E-state index in [1.165, 1.54) is 6.07 Å². The van der Waals surface area contributed by atoms with E-state index < -0.39 is 15.4 Å². The molecule has 0 unspecified atom stereocenters. The van der Waals surface area contributed by atoms with Crippen LogP contribution in [0.15, 0.2) is 18.2 Å². The number of halogens is 1. The molecule has 1 heterocycles. The Labute approximate surface area is 177 Å². The number of nitrogens with zero attached hydrogens (tertiary/aromatic N) is 1. The molecule has 158 valence electrons. The van der Waals surface area contributed by atoms with Crippen molar-refractivity contribution in [1.29, 1.82) is 0 Å². The molecule has 2 bridgehead atoms. The zero-order valence-electron chi connectivity index (χ0n) is 16.8. The van der Waals surface area contributed by atoms with Gasteiger partial charge in [-0.05, 0) is 55.2 Å². The van der Waals surface area contributed by atoms with Crippen molar-refractivity contribution in [1.82, 2.24) is 4.90 Å². The van der Waals surface area contributed by atoms with Crippen LogP contribution in [0.1, 0.15) is 56.3 Å². The van der Waals surface area contributed by atoms with Crippen molar-refractivity contribution in [2.45, 2.75) is 46.0 Å². The zero-order chi connectivity index (χ0) is 21.0. The lowest BCUT2D eigenvalue weighted by Crippen LogP contribution is -2.43. The number of anilines is 1. The molecule has 1 aromatic carbocycles. The fraction of sp³-hybridized carbons (Fsp3) is 0.619. The number of fused-ring (bicyclic) bond motifs is 2. The van der Waals surface area contributed by atoms with Crippen LogP contribution in [-0.4, -0.2) is 43.9 Å². The first kappa shape index (κ1) is 20.7. The van der Waals surface area contributed by atoms with Gasteiger partial charge in [-0.15, -0.1) is 0 Å². The van der Waals surface area contributed by atoms with E-state index >= 15 is 0 Å². The van der Waals surface area contributed by atoms with E-state index in [0.717, 1.165) is 19.3 Å². The molecular weight excluding hydrogens is 412 g/mol. The molecule has 0 aromatic heterocycles. The average molecular weight is 439 g/mol. The molecule has 1 aliphatic heterocycles. The molecule has 2 atom stereocenters. The first-order chi connectivity index (χ1) is 13.6. The molecule has 1 aromatic rings. The van der Waals surface area contributed by atoms with Gasteiger partial charge in [0.2, 0.25) is 10.0 Å². The third kappa shape index (κ3) is 3.36. The summed E-state index contributed by atoms with van der Waals surface area (Å²) in [5.74, 6) is -0.174. The Morgan fingerprint density at radius 3 is 2.55 bits per heavy atom. The number of hydrogen-bond donors (Lipinski definition) is 1. The van der Waals surface area contributed by atoms with Crippen LogP contribution in [0.25, 0.3) is 0 Å². The highest BCUT2D eigenvalue weighted by molar-refractivity contribution is 7.92. The van der Waals surface area contributed by atoms with Crippen molar-refractivity contribution in [2.24, 2.45) is 16.7 Å². The number of likely N-dealkylation sites (tertiary alicyclic amines) is 1. The Kier molecular flexibility index (Phi) is 4.97. The van der Waals surface area contributed by atoms with Gasteiger partial charge in [-0.3, -0.25) is 14.3 Å².